The molecule has 0 aliphatic heterocycles. The molecule has 2 aromatic carbocycles. The van der Waals surface area contributed by atoms with Crippen LogP contribution in [0.2, 0.25) is 0 Å². The van der Waals surface area contributed by atoms with Crippen molar-refractivity contribution in [2.45, 2.75) is 39.5 Å². The highest BCUT2D eigenvalue weighted by Crippen LogP contribution is 2.30. The zero-order valence-corrected chi connectivity index (χ0v) is 18.3. The van der Waals surface area contributed by atoms with Crippen LogP contribution in [-0.4, -0.2) is 42.6 Å². The molecule has 0 saturated heterocycles. The maximum absolute atomic E-state index is 11.6. The van der Waals surface area contributed by atoms with Crippen LogP contribution in [0.4, 0.5) is 0 Å². The third-order valence-corrected chi connectivity index (χ3v) is 4.64. The van der Waals surface area contributed by atoms with E-state index < -0.39 is 5.97 Å². The monoisotopic (exact) mass is 428 g/mol. The molecule has 31 heavy (non-hydrogen) atoms. The molecule has 0 aromatic heterocycles. The molecule has 2 aromatic rings. The summed E-state index contributed by atoms with van der Waals surface area (Å²) in [6, 6.07) is 12.5. The van der Waals surface area contributed by atoms with Crippen LogP contribution >= 0.6 is 0 Å². The Morgan fingerprint density at radius 2 is 1.71 bits per heavy atom. The van der Waals surface area contributed by atoms with E-state index in [0.717, 1.165) is 24.0 Å². The number of carboxylic acid groups (broad SMARTS) is 1. The van der Waals surface area contributed by atoms with E-state index in [0.29, 0.717) is 50.8 Å². The Morgan fingerprint density at radius 1 is 0.968 bits per heavy atom. The zero-order valence-electron chi connectivity index (χ0n) is 18.3. The smallest absolute Gasteiger partial charge is 0.331 e. The summed E-state index contributed by atoms with van der Waals surface area (Å²) in [5.41, 5.74) is 2.09. The van der Waals surface area contributed by atoms with E-state index in [2.05, 4.69) is 6.92 Å². The number of hydrogen-bond acceptors (Lipinski definition) is 5. The second-order valence-electron chi connectivity index (χ2n) is 7.09. The van der Waals surface area contributed by atoms with E-state index >= 15 is 0 Å². The van der Waals surface area contributed by atoms with Crippen LogP contribution in [0.1, 0.15) is 44.2 Å². The van der Waals surface area contributed by atoms with E-state index in [9.17, 15) is 15.0 Å². The minimum Gasteiger partial charge on any atom is -0.508 e. The Labute approximate surface area is 184 Å². The van der Waals surface area contributed by atoms with Crippen molar-refractivity contribution in [1.82, 2.24) is 0 Å². The van der Waals surface area contributed by atoms with Crippen molar-refractivity contribution in [1.29, 1.82) is 0 Å². The molecular weight excluding hydrogens is 396 g/mol. The van der Waals surface area contributed by atoms with Crippen LogP contribution < -0.4 is 9.47 Å². The summed E-state index contributed by atoms with van der Waals surface area (Å²) in [5, 5.41) is 18.9. The number of benzene rings is 2. The van der Waals surface area contributed by atoms with Gasteiger partial charge in [-0.1, -0.05) is 31.5 Å². The quantitative estimate of drug-likeness (QED) is 0.322. The van der Waals surface area contributed by atoms with Gasteiger partial charge < -0.3 is 24.4 Å². The molecule has 168 valence electrons. The van der Waals surface area contributed by atoms with Gasteiger partial charge in [0.2, 0.25) is 0 Å². The first-order valence-corrected chi connectivity index (χ1v) is 10.7. The summed E-state index contributed by atoms with van der Waals surface area (Å²) >= 11 is 0. The molecule has 0 amide bonds. The predicted molar refractivity (Wildman–Crippen MR) is 121 cm³/mol. The highest BCUT2D eigenvalue weighted by molar-refractivity contribution is 5.92. The molecule has 6 nitrogen and oxygen atoms in total. The molecular formula is C25H32O6. The maximum Gasteiger partial charge on any atom is 0.331 e. The van der Waals surface area contributed by atoms with Gasteiger partial charge in [-0.2, -0.15) is 0 Å². The number of unbranched alkanes of at least 4 members (excludes halogenated alkanes) is 1. The van der Waals surface area contributed by atoms with Gasteiger partial charge in [0.25, 0.3) is 0 Å². The number of phenols is 1. The lowest BCUT2D eigenvalue weighted by Crippen LogP contribution is -2.06. The van der Waals surface area contributed by atoms with Crippen molar-refractivity contribution in [2.75, 3.05) is 26.4 Å². The average Bonchev–Trinajstić information content (AvgIpc) is 2.76. The van der Waals surface area contributed by atoms with Crippen LogP contribution in [0.5, 0.6) is 17.2 Å². The van der Waals surface area contributed by atoms with E-state index in [4.69, 9.17) is 14.2 Å². The number of carboxylic acids is 1. The van der Waals surface area contributed by atoms with Gasteiger partial charge in [0, 0.05) is 25.0 Å². The predicted octanol–water partition coefficient (Wildman–Crippen LogP) is 5.09. The zero-order chi connectivity index (χ0) is 22.5. The summed E-state index contributed by atoms with van der Waals surface area (Å²) in [7, 11) is 0. The Kier molecular flexibility index (Phi) is 10.4. The molecule has 0 unspecified atom stereocenters. The van der Waals surface area contributed by atoms with Crippen molar-refractivity contribution in [3.63, 3.8) is 0 Å². The second kappa shape index (κ2) is 13.3. The highest BCUT2D eigenvalue weighted by Gasteiger charge is 2.11. The van der Waals surface area contributed by atoms with Crippen LogP contribution in [0.3, 0.4) is 0 Å². The van der Waals surface area contributed by atoms with E-state index in [1.165, 1.54) is 0 Å². The number of phenolic OH excluding ortho intramolecular Hbond substituents is 1. The molecule has 0 fully saturated rings. The largest absolute Gasteiger partial charge is 0.508 e. The number of aromatic hydroxyl groups is 1. The van der Waals surface area contributed by atoms with Gasteiger partial charge in [0.15, 0.2) is 11.5 Å². The first kappa shape index (κ1) is 24.3. The molecule has 0 heterocycles. The Morgan fingerprint density at radius 3 is 2.39 bits per heavy atom. The summed E-state index contributed by atoms with van der Waals surface area (Å²) < 4.78 is 17.1. The fraction of sp³-hybridized carbons (Fsp3) is 0.400. The molecule has 0 bridgehead atoms. The Balaban J connectivity index is 2.12. The van der Waals surface area contributed by atoms with Crippen molar-refractivity contribution in [2.24, 2.45) is 0 Å². The summed E-state index contributed by atoms with van der Waals surface area (Å²) in [5.74, 6) is 0.505. The molecule has 6 heteroatoms. The van der Waals surface area contributed by atoms with E-state index in [1.807, 2.05) is 37.3 Å². The average molecular weight is 429 g/mol. The molecule has 0 saturated carbocycles. The van der Waals surface area contributed by atoms with Crippen LogP contribution in [0.15, 0.2) is 48.0 Å². The summed E-state index contributed by atoms with van der Waals surface area (Å²) in [6.45, 7) is 5.91. The molecule has 2 rings (SSSR count). The highest BCUT2D eigenvalue weighted by atomic mass is 16.5. The standard InChI is InChI=1S/C25H32O6/c1-3-5-14-30-24-18-20(17-21(25(27)28)13-15-29-4-2)8-11-23(24)31-16-12-19-6-9-22(26)10-7-19/h6-11,17-18,26H,3-5,12-16H2,1-2H3,(H,27,28). The van der Waals surface area contributed by atoms with Gasteiger partial charge in [-0.05, 0) is 54.8 Å². The molecule has 0 radical (unpaired) electrons. The molecule has 0 spiro atoms. The van der Waals surface area contributed by atoms with Gasteiger partial charge in [-0.15, -0.1) is 0 Å². The fourth-order valence-electron chi connectivity index (χ4n) is 2.88. The van der Waals surface area contributed by atoms with E-state index in [1.54, 1.807) is 18.2 Å². The first-order valence-electron chi connectivity index (χ1n) is 10.7. The third-order valence-electron chi connectivity index (χ3n) is 4.64. The molecule has 0 aliphatic carbocycles. The second-order valence-corrected chi connectivity index (χ2v) is 7.09. The van der Waals surface area contributed by atoms with E-state index in [-0.39, 0.29) is 11.3 Å². The molecule has 0 atom stereocenters. The van der Waals surface area contributed by atoms with Crippen molar-refractivity contribution >= 4 is 12.0 Å². The number of ether oxygens (including phenoxy) is 3. The van der Waals surface area contributed by atoms with Gasteiger partial charge in [0.1, 0.15) is 5.75 Å². The fourth-order valence-corrected chi connectivity index (χ4v) is 2.88. The van der Waals surface area contributed by atoms with Gasteiger partial charge >= 0.3 is 5.97 Å². The molecule has 2 N–H and O–H groups in total. The van der Waals surface area contributed by atoms with Gasteiger partial charge in [0.05, 0.1) is 19.8 Å². The number of rotatable bonds is 14. The number of carbonyl (C=O) groups is 1. The maximum atomic E-state index is 11.6. The first-order chi connectivity index (χ1) is 15.0. The minimum absolute atomic E-state index is 0.238. The van der Waals surface area contributed by atoms with Gasteiger partial charge in [-0.3, -0.25) is 0 Å². The third kappa shape index (κ3) is 8.72. The Bertz CT molecular complexity index is 842. The van der Waals surface area contributed by atoms with Crippen LogP contribution in [0, 0.1) is 0 Å². The van der Waals surface area contributed by atoms with Crippen LogP contribution in [-0.2, 0) is 16.0 Å². The normalized spacial score (nSPS) is 11.4. The number of hydrogen-bond donors (Lipinski definition) is 2. The Hall–Kier alpha value is -2.99. The summed E-state index contributed by atoms with van der Waals surface area (Å²) in [6.07, 6.45) is 4.60. The van der Waals surface area contributed by atoms with Gasteiger partial charge in [-0.25, -0.2) is 4.79 Å². The minimum atomic E-state index is -0.956. The molecule has 0 aliphatic rings. The summed E-state index contributed by atoms with van der Waals surface area (Å²) in [4.78, 5) is 11.6. The van der Waals surface area contributed by atoms with Crippen molar-refractivity contribution < 1.29 is 29.2 Å². The lowest BCUT2D eigenvalue weighted by atomic mass is 10.1. The lowest BCUT2D eigenvalue weighted by molar-refractivity contribution is -0.132. The lowest BCUT2D eigenvalue weighted by Gasteiger charge is -2.14. The number of aliphatic carboxylic acids is 1. The SMILES string of the molecule is CCCCOc1cc(C=C(CCOCC)C(=O)O)ccc1OCCc1ccc(O)cc1. The van der Waals surface area contributed by atoms with Crippen LogP contribution in [0.25, 0.3) is 6.08 Å². The van der Waals surface area contributed by atoms with Crippen molar-refractivity contribution in [3.05, 3.63) is 59.2 Å². The van der Waals surface area contributed by atoms with Crippen molar-refractivity contribution in [3.8, 4) is 17.2 Å². The topological polar surface area (TPSA) is 85.2 Å².